The number of carbonyl (C=O) groups excluding carboxylic acids is 2. The molecule has 72 heavy (non-hydrogen) atoms. The molecule has 412 valence electrons. The molecule has 21 heteroatoms. The Hall–Kier alpha value is -2.00. The summed E-state index contributed by atoms with van der Waals surface area (Å²) in [6, 6.07) is 0. The predicted octanol–water partition coefficient (Wildman–Crippen LogP) is -0.693. The zero-order valence-electron chi connectivity index (χ0n) is 43.0. The summed E-state index contributed by atoms with van der Waals surface area (Å²) in [6.45, 7) is 15.8. The van der Waals surface area contributed by atoms with Gasteiger partial charge in [0.05, 0.1) is 37.4 Å². The molecule has 0 aromatic rings. The molecule has 21 nitrogen and oxygen atoms in total. The summed E-state index contributed by atoms with van der Waals surface area (Å²) >= 11 is 0. The molecule has 3 saturated heterocycles. The van der Waals surface area contributed by atoms with Crippen LogP contribution in [0.1, 0.15) is 107 Å². The first-order valence-corrected chi connectivity index (χ1v) is 25.8. The van der Waals surface area contributed by atoms with Crippen LogP contribution >= 0.6 is 0 Å². The lowest BCUT2D eigenvalue weighted by atomic mass is 9.33. The lowest BCUT2D eigenvalue weighted by Gasteiger charge is -2.72. The Morgan fingerprint density at radius 3 is 2.01 bits per heavy atom. The van der Waals surface area contributed by atoms with Crippen molar-refractivity contribution in [2.24, 2.45) is 50.2 Å². The van der Waals surface area contributed by atoms with Crippen LogP contribution in [0.25, 0.3) is 0 Å². The Morgan fingerprint density at radius 2 is 1.36 bits per heavy atom. The van der Waals surface area contributed by atoms with E-state index in [0.717, 1.165) is 18.4 Å². The van der Waals surface area contributed by atoms with Crippen molar-refractivity contribution in [3.05, 3.63) is 11.6 Å². The van der Waals surface area contributed by atoms with E-state index in [2.05, 4.69) is 40.7 Å². The molecule has 3 heterocycles. The van der Waals surface area contributed by atoms with E-state index in [0.29, 0.717) is 25.7 Å². The van der Waals surface area contributed by atoms with Gasteiger partial charge in [-0.05, 0) is 84.4 Å². The normalized spacial score (nSPS) is 51.8. The summed E-state index contributed by atoms with van der Waals surface area (Å²) in [4.78, 5) is 24.8. The van der Waals surface area contributed by atoms with E-state index in [1.165, 1.54) is 13.8 Å². The van der Waals surface area contributed by atoms with Crippen molar-refractivity contribution >= 4 is 11.9 Å². The molecule has 11 N–H and O–H groups in total. The van der Waals surface area contributed by atoms with E-state index >= 15 is 0 Å². The molecule has 8 rings (SSSR count). The van der Waals surface area contributed by atoms with Crippen LogP contribution in [0.15, 0.2) is 11.6 Å². The highest BCUT2D eigenvalue weighted by Crippen LogP contribution is 2.76. The summed E-state index contributed by atoms with van der Waals surface area (Å²) < 4.78 is 47.7. The second-order valence-electron chi connectivity index (χ2n) is 24.5. The van der Waals surface area contributed by atoms with Crippen LogP contribution in [0.2, 0.25) is 0 Å². The Balaban J connectivity index is 1.07. The first-order chi connectivity index (χ1) is 33.5. The smallest absolute Gasteiger partial charge is 0.303 e. The fraction of sp³-hybridized carbons (Fsp3) is 0.922. The molecule has 0 spiro atoms. The van der Waals surface area contributed by atoms with Gasteiger partial charge in [-0.2, -0.15) is 0 Å². The fourth-order valence-electron chi connectivity index (χ4n) is 15.6. The maximum Gasteiger partial charge on any atom is 0.303 e. The van der Waals surface area contributed by atoms with Crippen LogP contribution in [-0.2, 0) is 47.5 Å². The molecule has 0 amide bonds. The summed E-state index contributed by atoms with van der Waals surface area (Å²) in [5.41, 5.74) is -2.76. The molecule has 0 aromatic heterocycles. The number of fused-ring (bicyclic) bond motifs is 7. The molecular formula is C51H82O21. The predicted molar refractivity (Wildman–Crippen MR) is 247 cm³/mol. The maximum atomic E-state index is 12.6. The highest BCUT2D eigenvalue weighted by atomic mass is 16.8. The SMILES string of the molecule is CC(=O)OCC12C(O)CC3(C)C(=CCC4C5(C)CCC(OC6OC(COC7OCC(O)C(O)C7O)C(O)C(O)C6OC6OC(CO)C(O)C(O)C6O)C(C)(C)C5CCC43C)C1CC(C)(C)C(OC(C)=O)C2O. The topological polar surface area (TPSA) is 331 Å². The van der Waals surface area contributed by atoms with Gasteiger partial charge in [0.2, 0.25) is 0 Å². The third-order valence-electron chi connectivity index (χ3n) is 19.8. The molecular weight excluding hydrogens is 949 g/mol. The van der Waals surface area contributed by atoms with E-state index in [4.69, 9.17) is 37.9 Å². The standard InChI is InChI=1S/C51H82O21/c1-22(53)67-21-51-25(16-46(3,4)42(41(51)64)68-23(2)54)24-10-11-30-48(7)14-13-32(47(5,6)29(48)12-15-49(30,8)50(24,9)17-31(51)56)71-45-40(72-44-39(63)36(60)34(58)27(18-52)69-44)37(61)35(59)28(70-45)20-66-43-38(62)33(57)26(55)19-65-43/h10,25-45,52,55-64H,11-21H2,1-9H3. The molecule has 25 unspecified atom stereocenters. The number of rotatable bonds is 11. The van der Waals surface area contributed by atoms with Gasteiger partial charge in [-0.25, -0.2) is 0 Å². The number of aliphatic hydroxyl groups is 11. The van der Waals surface area contributed by atoms with Crippen molar-refractivity contribution in [3.8, 4) is 0 Å². The second kappa shape index (κ2) is 20.1. The Bertz CT molecular complexity index is 2000. The van der Waals surface area contributed by atoms with Crippen LogP contribution in [-0.4, -0.2) is 205 Å². The minimum atomic E-state index is -1.86. The molecule has 25 atom stereocenters. The average Bonchev–Trinajstić information content (AvgIpc) is 3.30. The number of carbonyl (C=O) groups is 2. The number of esters is 2. The van der Waals surface area contributed by atoms with Crippen molar-refractivity contribution in [2.75, 3.05) is 26.4 Å². The number of hydrogen-bond acceptors (Lipinski definition) is 21. The van der Waals surface area contributed by atoms with E-state index in [-0.39, 0.29) is 42.3 Å². The molecule has 0 radical (unpaired) electrons. The molecule has 0 aromatic carbocycles. The summed E-state index contributed by atoms with van der Waals surface area (Å²) in [6.07, 6.45) is -20.1. The highest BCUT2D eigenvalue weighted by molar-refractivity contribution is 5.66. The quantitative estimate of drug-likeness (QED) is 0.0693. The monoisotopic (exact) mass is 1030 g/mol. The third-order valence-corrected chi connectivity index (χ3v) is 19.8. The molecule has 7 fully saturated rings. The van der Waals surface area contributed by atoms with Gasteiger partial charge in [0.15, 0.2) is 18.9 Å². The van der Waals surface area contributed by atoms with Gasteiger partial charge in [-0.1, -0.05) is 60.1 Å². The molecule has 0 bridgehead atoms. The average molecular weight is 1030 g/mol. The van der Waals surface area contributed by atoms with Gasteiger partial charge in [0.25, 0.3) is 0 Å². The molecule has 8 aliphatic rings. The van der Waals surface area contributed by atoms with Gasteiger partial charge < -0.3 is 94.1 Å². The Kier molecular flexibility index (Phi) is 15.7. The zero-order valence-corrected chi connectivity index (χ0v) is 43.0. The second-order valence-corrected chi connectivity index (χ2v) is 24.5. The summed E-state index contributed by atoms with van der Waals surface area (Å²) in [5, 5.41) is 121. The van der Waals surface area contributed by atoms with E-state index in [9.17, 15) is 65.8 Å². The first kappa shape index (κ1) is 56.2. The van der Waals surface area contributed by atoms with Gasteiger partial charge in [0.1, 0.15) is 86.0 Å². The van der Waals surface area contributed by atoms with Crippen molar-refractivity contribution in [1.82, 2.24) is 0 Å². The van der Waals surface area contributed by atoms with Crippen molar-refractivity contribution < 1.29 is 104 Å². The fourth-order valence-corrected chi connectivity index (χ4v) is 15.6. The van der Waals surface area contributed by atoms with Crippen LogP contribution < -0.4 is 0 Å². The van der Waals surface area contributed by atoms with E-state index in [1.54, 1.807) is 0 Å². The number of allylic oxidation sites excluding steroid dienone is 2. The van der Waals surface area contributed by atoms with Gasteiger partial charge >= 0.3 is 11.9 Å². The van der Waals surface area contributed by atoms with Crippen molar-refractivity contribution in [1.29, 1.82) is 0 Å². The maximum absolute atomic E-state index is 12.6. The first-order valence-electron chi connectivity index (χ1n) is 25.8. The van der Waals surface area contributed by atoms with Crippen LogP contribution in [0.3, 0.4) is 0 Å². The number of hydrogen-bond donors (Lipinski definition) is 11. The largest absolute Gasteiger partial charge is 0.465 e. The van der Waals surface area contributed by atoms with Crippen LogP contribution in [0.4, 0.5) is 0 Å². The van der Waals surface area contributed by atoms with Crippen molar-refractivity contribution in [3.63, 3.8) is 0 Å². The van der Waals surface area contributed by atoms with Crippen LogP contribution in [0.5, 0.6) is 0 Å². The summed E-state index contributed by atoms with van der Waals surface area (Å²) in [7, 11) is 0. The minimum absolute atomic E-state index is 0.0339. The third kappa shape index (κ3) is 9.02. The zero-order chi connectivity index (χ0) is 53.0. The van der Waals surface area contributed by atoms with Gasteiger partial charge in [-0.15, -0.1) is 0 Å². The number of ether oxygens (including phenoxy) is 8. The molecule has 5 aliphatic carbocycles. The molecule has 3 aliphatic heterocycles. The van der Waals surface area contributed by atoms with Crippen LogP contribution in [0, 0.1) is 50.2 Å². The van der Waals surface area contributed by atoms with Gasteiger partial charge in [-0.3, -0.25) is 9.59 Å². The minimum Gasteiger partial charge on any atom is -0.465 e. The highest BCUT2D eigenvalue weighted by Gasteiger charge is 2.73. The van der Waals surface area contributed by atoms with Crippen molar-refractivity contribution in [2.45, 2.75) is 218 Å². The number of aliphatic hydroxyl groups excluding tert-OH is 11. The lowest BCUT2D eigenvalue weighted by molar-refractivity contribution is -0.381. The lowest BCUT2D eigenvalue weighted by Crippen LogP contribution is -2.72. The van der Waals surface area contributed by atoms with E-state index < -0.39 is 163 Å². The van der Waals surface area contributed by atoms with Gasteiger partial charge in [0, 0.05) is 19.3 Å². The Labute approximate surface area is 420 Å². The Morgan fingerprint density at radius 1 is 0.708 bits per heavy atom. The van der Waals surface area contributed by atoms with E-state index in [1.807, 2.05) is 13.8 Å². The molecule has 4 saturated carbocycles. The summed E-state index contributed by atoms with van der Waals surface area (Å²) in [5.74, 6) is -1.39.